The van der Waals surface area contributed by atoms with Crippen molar-refractivity contribution in [1.29, 1.82) is 0 Å². The predicted molar refractivity (Wildman–Crippen MR) is 94.5 cm³/mol. The topological polar surface area (TPSA) is 67.0 Å². The number of hydrogen-bond acceptors (Lipinski definition) is 3. The fourth-order valence-corrected chi connectivity index (χ4v) is 3.55. The van der Waals surface area contributed by atoms with Crippen LogP contribution in [0.1, 0.15) is 31.8 Å². The molecule has 0 amide bonds. The van der Waals surface area contributed by atoms with Gasteiger partial charge in [0.25, 0.3) is 0 Å². The first-order chi connectivity index (χ1) is 12.1. The highest BCUT2D eigenvalue weighted by Gasteiger charge is 2.33. The van der Waals surface area contributed by atoms with E-state index in [1.165, 1.54) is 6.07 Å². The van der Waals surface area contributed by atoms with Gasteiger partial charge in [0, 0.05) is 27.8 Å². The molecule has 0 aromatic heterocycles. The molecule has 0 radical (unpaired) electrons. The zero-order valence-corrected chi connectivity index (χ0v) is 13.0. The van der Waals surface area contributed by atoms with Crippen LogP contribution in [0.4, 0.5) is 0 Å². The zero-order valence-electron chi connectivity index (χ0n) is 13.0. The minimum Gasteiger partial charge on any atom is -0.354 e. The number of aromatic amines is 1. The van der Waals surface area contributed by atoms with Crippen molar-refractivity contribution in [1.82, 2.24) is 4.98 Å². The van der Waals surface area contributed by atoms with E-state index in [1.54, 1.807) is 30.3 Å². The number of H-pyrrole nitrogens is 1. The molecule has 4 heteroatoms. The molecule has 4 nitrogen and oxygen atoms in total. The van der Waals surface area contributed by atoms with E-state index in [1.807, 2.05) is 24.3 Å². The summed E-state index contributed by atoms with van der Waals surface area (Å²) in [6.07, 6.45) is 0. The molecule has 2 aromatic rings. The Morgan fingerprint density at radius 1 is 0.640 bits per heavy atom. The van der Waals surface area contributed by atoms with Crippen LogP contribution >= 0.6 is 0 Å². The molecule has 0 fully saturated rings. The molecular formula is C21H11NO3. The third kappa shape index (κ3) is 1.79. The molecule has 3 aliphatic rings. The maximum Gasteiger partial charge on any atom is 0.196 e. The first kappa shape index (κ1) is 13.9. The Balaban J connectivity index is 1.95. The lowest BCUT2D eigenvalue weighted by Crippen LogP contribution is -2.25. The zero-order chi connectivity index (χ0) is 17.1. The van der Waals surface area contributed by atoms with Gasteiger partial charge in [0.1, 0.15) is 0 Å². The number of rotatable bonds is 0. The molecule has 1 heterocycles. The van der Waals surface area contributed by atoms with Gasteiger partial charge in [0.05, 0.1) is 11.3 Å². The minimum absolute atomic E-state index is 0.174. The summed E-state index contributed by atoms with van der Waals surface area (Å²) in [7, 11) is 0. The van der Waals surface area contributed by atoms with Crippen molar-refractivity contribution in [3.05, 3.63) is 93.1 Å². The number of hydrogen-bond donors (Lipinski definition) is 1. The first-order valence-corrected chi connectivity index (χ1v) is 7.92. The summed E-state index contributed by atoms with van der Waals surface area (Å²) < 4.78 is 0. The lowest BCUT2D eigenvalue weighted by atomic mass is 9.81. The first-order valence-electron chi connectivity index (χ1n) is 7.92. The van der Waals surface area contributed by atoms with Crippen LogP contribution < -0.4 is 5.43 Å². The Labute approximate surface area is 142 Å². The average molecular weight is 325 g/mol. The number of carbonyl (C=O) groups is 2. The number of benzene rings is 3. The lowest BCUT2D eigenvalue weighted by Gasteiger charge is -2.21. The van der Waals surface area contributed by atoms with Gasteiger partial charge < -0.3 is 4.98 Å². The standard InChI is InChI=1S/C21H11NO3/c23-17-10-15-18(21(25)13-7-3-2-6-12(13)20(15)24)19-14(17)9-11-5-1-4-8-16(11)22-19/h1-10,22H. The number of ketones is 2. The summed E-state index contributed by atoms with van der Waals surface area (Å²) in [5.74, 6) is -0.521. The third-order valence-corrected chi connectivity index (χ3v) is 4.74. The number of fused-ring (bicyclic) bond motifs is 5. The molecule has 0 bridgehead atoms. The highest BCUT2D eigenvalue weighted by atomic mass is 16.1. The van der Waals surface area contributed by atoms with Gasteiger partial charge in [-0.05, 0) is 23.6 Å². The number of pyridine rings is 1. The van der Waals surface area contributed by atoms with Crippen molar-refractivity contribution in [3.63, 3.8) is 0 Å². The van der Waals surface area contributed by atoms with Gasteiger partial charge in [0.2, 0.25) is 0 Å². The summed E-state index contributed by atoms with van der Waals surface area (Å²) in [4.78, 5) is 41.6. The average Bonchev–Trinajstić information content (AvgIpc) is 2.65. The van der Waals surface area contributed by atoms with Gasteiger partial charge in [-0.1, -0.05) is 42.5 Å². The number of carbonyl (C=O) groups excluding carboxylic acids is 2. The van der Waals surface area contributed by atoms with Crippen molar-refractivity contribution in [2.75, 3.05) is 0 Å². The molecule has 25 heavy (non-hydrogen) atoms. The Bertz CT molecular complexity index is 1250. The molecule has 0 saturated heterocycles. The van der Waals surface area contributed by atoms with Crippen LogP contribution in [0.2, 0.25) is 0 Å². The summed E-state index contributed by atoms with van der Waals surface area (Å²) in [6, 6.07) is 17.3. The van der Waals surface area contributed by atoms with Gasteiger partial charge >= 0.3 is 0 Å². The largest absolute Gasteiger partial charge is 0.354 e. The van der Waals surface area contributed by atoms with Gasteiger partial charge in [-0.2, -0.15) is 0 Å². The molecule has 118 valence electrons. The molecule has 5 rings (SSSR count). The monoisotopic (exact) mass is 325 g/mol. The van der Waals surface area contributed by atoms with E-state index in [-0.39, 0.29) is 28.1 Å². The molecule has 2 aromatic carbocycles. The second-order valence-corrected chi connectivity index (χ2v) is 6.15. The molecule has 2 aliphatic carbocycles. The van der Waals surface area contributed by atoms with Crippen LogP contribution in [0.3, 0.4) is 0 Å². The van der Waals surface area contributed by atoms with Gasteiger partial charge in [-0.15, -0.1) is 0 Å². The molecule has 0 spiro atoms. The van der Waals surface area contributed by atoms with E-state index in [9.17, 15) is 14.4 Å². The van der Waals surface area contributed by atoms with E-state index in [4.69, 9.17) is 0 Å². The van der Waals surface area contributed by atoms with E-state index in [2.05, 4.69) is 4.98 Å². The summed E-state index contributed by atoms with van der Waals surface area (Å²) in [6.45, 7) is 0. The van der Waals surface area contributed by atoms with Gasteiger partial charge in [-0.3, -0.25) is 14.4 Å². The Morgan fingerprint density at radius 2 is 1.32 bits per heavy atom. The van der Waals surface area contributed by atoms with Crippen LogP contribution in [-0.4, -0.2) is 16.6 Å². The quantitative estimate of drug-likeness (QED) is 0.444. The lowest BCUT2D eigenvalue weighted by molar-refractivity contribution is 0.0979. The molecule has 1 N–H and O–H groups in total. The highest BCUT2D eigenvalue weighted by molar-refractivity contribution is 6.30. The fraction of sp³-hybridized carbons (Fsp3) is 0. The number of nitrogens with one attached hydrogen (secondary N) is 1. The summed E-state index contributed by atoms with van der Waals surface area (Å²) >= 11 is 0. The van der Waals surface area contributed by atoms with Gasteiger partial charge in [0.15, 0.2) is 17.0 Å². The Hall–Kier alpha value is -3.53. The smallest absolute Gasteiger partial charge is 0.196 e. The van der Waals surface area contributed by atoms with Crippen molar-refractivity contribution in [2.45, 2.75) is 0 Å². The summed E-state index contributed by atoms with van der Waals surface area (Å²) in [5, 5.41) is 0.877. The molecular weight excluding hydrogens is 314 g/mol. The minimum atomic E-state index is -0.286. The van der Waals surface area contributed by atoms with E-state index in [0.29, 0.717) is 22.4 Å². The molecule has 0 saturated carbocycles. The van der Waals surface area contributed by atoms with Crippen LogP contribution in [0.25, 0.3) is 22.2 Å². The van der Waals surface area contributed by atoms with E-state index in [0.717, 1.165) is 10.9 Å². The van der Waals surface area contributed by atoms with Crippen molar-refractivity contribution < 1.29 is 9.59 Å². The molecule has 0 atom stereocenters. The van der Waals surface area contributed by atoms with Crippen molar-refractivity contribution >= 4 is 22.5 Å². The van der Waals surface area contributed by atoms with Crippen molar-refractivity contribution in [2.24, 2.45) is 0 Å². The second kappa shape index (κ2) is 4.74. The van der Waals surface area contributed by atoms with E-state index < -0.39 is 0 Å². The number of para-hydroxylation sites is 1. The Morgan fingerprint density at radius 3 is 2.12 bits per heavy atom. The fourth-order valence-electron chi connectivity index (χ4n) is 3.55. The number of aromatic nitrogens is 1. The van der Waals surface area contributed by atoms with Gasteiger partial charge in [-0.25, -0.2) is 0 Å². The Kier molecular flexibility index (Phi) is 2.63. The van der Waals surface area contributed by atoms with Crippen LogP contribution in [-0.2, 0) is 0 Å². The summed E-state index contributed by atoms with van der Waals surface area (Å²) in [5.41, 5.74) is 2.56. The molecule has 1 aliphatic heterocycles. The van der Waals surface area contributed by atoms with Crippen LogP contribution in [0.5, 0.6) is 0 Å². The second-order valence-electron chi connectivity index (χ2n) is 6.15. The molecule has 0 unspecified atom stereocenters. The van der Waals surface area contributed by atoms with Crippen molar-refractivity contribution in [3.8, 4) is 11.3 Å². The predicted octanol–water partition coefficient (Wildman–Crippen LogP) is 3.41. The normalized spacial score (nSPS) is 13.1. The highest BCUT2D eigenvalue weighted by Crippen LogP contribution is 2.34. The van der Waals surface area contributed by atoms with Crippen LogP contribution in [0.15, 0.2) is 65.5 Å². The maximum absolute atomic E-state index is 13.0. The third-order valence-electron chi connectivity index (χ3n) is 4.74. The van der Waals surface area contributed by atoms with E-state index >= 15 is 0 Å². The SMILES string of the molecule is O=C1c2ccccc2C(=O)c2c1cc(=O)c1cc3ccccc3[nH]c2-1. The van der Waals surface area contributed by atoms with Crippen LogP contribution in [0, 0.1) is 0 Å². The maximum atomic E-state index is 13.0.